The van der Waals surface area contributed by atoms with Crippen LogP contribution in [0, 0.1) is 6.92 Å². The molecule has 0 spiro atoms. The van der Waals surface area contributed by atoms with E-state index >= 15 is 0 Å². The second kappa shape index (κ2) is 6.66. The summed E-state index contributed by atoms with van der Waals surface area (Å²) in [4.78, 5) is 1.17. The largest absolute Gasteiger partial charge is 0.360 e. The van der Waals surface area contributed by atoms with E-state index in [4.69, 9.17) is 4.52 Å². The van der Waals surface area contributed by atoms with Crippen molar-refractivity contribution in [2.24, 2.45) is 0 Å². The van der Waals surface area contributed by atoms with E-state index in [1.807, 2.05) is 13.0 Å². The molecule has 1 heterocycles. The van der Waals surface area contributed by atoms with Crippen LogP contribution >= 0.6 is 11.9 Å². The molecule has 1 N–H and O–H groups in total. The van der Waals surface area contributed by atoms with Crippen molar-refractivity contribution in [3.8, 4) is 0 Å². The molecule has 0 saturated heterocycles. The van der Waals surface area contributed by atoms with Crippen LogP contribution < -0.4 is 4.72 Å². The summed E-state index contributed by atoms with van der Waals surface area (Å²) in [5, 5.41) is 3.89. The van der Waals surface area contributed by atoms with Crippen LogP contribution in [-0.4, -0.2) is 5.16 Å². The number of rotatable bonds is 6. The fourth-order valence-corrected chi connectivity index (χ4v) is 2.58. The lowest BCUT2D eigenvalue weighted by molar-refractivity contribution is 0.400. The Labute approximate surface area is 118 Å². The highest BCUT2D eigenvalue weighted by atomic mass is 32.2. The number of aryl methyl sites for hydroxylation is 1. The first-order valence-corrected chi connectivity index (χ1v) is 7.47. The fourth-order valence-electron chi connectivity index (χ4n) is 1.99. The van der Waals surface area contributed by atoms with Gasteiger partial charge < -0.3 is 9.25 Å². The molecular formula is C15H20N2OS. The van der Waals surface area contributed by atoms with Gasteiger partial charge in [-0.05, 0) is 48.9 Å². The van der Waals surface area contributed by atoms with E-state index in [0.717, 1.165) is 11.6 Å². The molecule has 0 radical (unpaired) electrons. The van der Waals surface area contributed by atoms with E-state index in [2.05, 4.69) is 48.0 Å². The summed E-state index contributed by atoms with van der Waals surface area (Å²) < 4.78 is 8.17. The lowest BCUT2D eigenvalue weighted by Gasteiger charge is -2.11. The Kier molecular flexibility index (Phi) is 4.91. The Hall–Kier alpha value is -1.42. The van der Waals surface area contributed by atoms with Crippen molar-refractivity contribution in [3.63, 3.8) is 0 Å². The van der Waals surface area contributed by atoms with Crippen molar-refractivity contribution in [3.05, 3.63) is 41.7 Å². The Morgan fingerprint density at radius 1 is 1.32 bits per heavy atom. The zero-order valence-electron chi connectivity index (χ0n) is 11.6. The first-order valence-electron chi connectivity index (χ1n) is 6.65. The Morgan fingerprint density at radius 3 is 2.63 bits per heavy atom. The van der Waals surface area contributed by atoms with Crippen molar-refractivity contribution in [2.45, 2.75) is 44.4 Å². The van der Waals surface area contributed by atoms with E-state index in [-0.39, 0.29) is 0 Å². The molecule has 102 valence electrons. The van der Waals surface area contributed by atoms with E-state index in [1.54, 1.807) is 11.9 Å². The minimum Gasteiger partial charge on any atom is -0.360 e. The molecule has 0 fully saturated rings. The maximum Gasteiger partial charge on any atom is 0.179 e. The third-order valence-corrected chi connectivity index (χ3v) is 3.89. The number of aromatic nitrogens is 1. The molecule has 0 bridgehead atoms. The first kappa shape index (κ1) is 14.0. The third-order valence-electron chi connectivity index (χ3n) is 3.07. The summed E-state index contributed by atoms with van der Waals surface area (Å²) in [5.41, 5.74) is 1.41. The number of hydrogen-bond acceptors (Lipinski definition) is 4. The summed E-state index contributed by atoms with van der Waals surface area (Å²) in [7, 11) is 0. The standard InChI is InChI=1S/C15H20N2OS/c1-4-5-11(2)13-6-8-14(9-7-13)19-17-15-10-12(3)18-16-15/h6-11H,4-5H2,1-3H3,(H,16,17). The average molecular weight is 276 g/mol. The number of benzene rings is 1. The molecule has 4 heteroatoms. The molecular weight excluding hydrogens is 256 g/mol. The van der Waals surface area contributed by atoms with E-state index in [9.17, 15) is 0 Å². The van der Waals surface area contributed by atoms with Gasteiger partial charge in [-0.15, -0.1) is 0 Å². The zero-order chi connectivity index (χ0) is 13.7. The minimum absolute atomic E-state index is 0.634. The van der Waals surface area contributed by atoms with Gasteiger partial charge in [0.25, 0.3) is 0 Å². The Morgan fingerprint density at radius 2 is 2.05 bits per heavy atom. The van der Waals surface area contributed by atoms with Crippen molar-refractivity contribution in [1.29, 1.82) is 0 Å². The second-order valence-electron chi connectivity index (χ2n) is 4.79. The summed E-state index contributed by atoms with van der Waals surface area (Å²) in [5.74, 6) is 2.20. The summed E-state index contributed by atoms with van der Waals surface area (Å²) in [6, 6.07) is 10.6. The number of hydrogen-bond donors (Lipinski definition) is 1. The van der Waals surface area contributed by atoms with Crippen molar-refractivity contribution < 1.29 is 4.52 Å². The minimum atomic E-state index is 0.634. The molecule has 0 aliphatic rings. The predicted octanol–water partition coefficient (Wildman–Crippen LogP) is 5.01. The monoisotopic (exact) mass is 276 g/mol. The molecule has 1 atom stereocenters. The first-order chi connectivity index (χ1) is 9.19. The number of anilines is 1. The molecule has 0 amide bonds. The Balaban J connectivity index is 1.91. The fraction of sp³-hybridized carbons (Fsp3) is 0.400. The zero-order valence-corrected chi connectivity index (χ0v) is 12.5. The van der Waals surface area contributed by atoms with Gasteiger partial charge in [0.05, 0.1) is 0 Å². The van der Waals surface area contributed by atoms with Crippen LogP contribution in [0.4, 0.5) is 5.82 Å². The van der Waals surface area contributed by atoms with Gasteiger partial charge in [0.15, 0.2) is 5.82 Å². The highest BCUT2D eigenvalue weighted by Gasteiger charge is 2.05. The molecule has 0 aliphatic carbocycles. The van der Waals surface area contributed by atoms with E-state index < -0.39 is 0 Å². The van der Waals surface area contributed by atoms with Crippen molar-refractivity contribution >= 4 is 17.8 Å². The molecule has 2 rings (SSSR count). The highest BCUT2D eigenvalue weighted by molar-refractivity contribution is 8.00. The van der Waals surface area contributed by atoms with Gasteiger partial charge in [-0.2, -0.15) is 0 Å². The van der Waals surface area contributed by atoms with Gasteiger partial charge in [0.1, 0.15) is 5.76 Å². The summed E-state index contributed by atoms with van der Waals surface area (Å²) in [6.45, 7) is 6.39. The van der Waals surface area contributed by atoms with Crippen LogP contribution in [0.2, 0.25) is 0 Å². The normalized spacial score (nSPS) is 12.4. The van der Waals surface area contributed by atoms with Gasteiger partial charge in [0, 0.05) is 11.0 Å². The Bertz CT molecular complexity index is 507. The van der Waals surface area contributed by atoms with Crippen LogP contribution in [0.25, 0.3) is 0 Å². The van der Waals surface area contributed by atoms with E-state index in [0.29, 0.717) is 5.92 Å². The summed E-state index contributed by atoms with van der Waals surface area (Å²) >= 11 is 1.55. The molecule has 19 heavy (non-hydrogen) atoms. The van der Waals surface area contributed by atoms with Crippen LogP contribution in [0.15, 0.2) is 39.8 Å². The second-order valence-corrected chi connectivity index (χ2v) is 5.67. The third kappa shape index (κ3) is 4.03. The summed E-state index contributed by atoms with van der Waals surface area (Å²) in [6.07, 6.45) is 2.47. The maximum absolute atomic E-state index is 5.00. The van der Waals surface area contributed by atoms with Gasteiger partial charge in [-0.1, -0.05) is 37.6 Å². The lowest BCUT2D eigenvalue weighted by atomic mass is 9.97. The molecule has 2 aromatic rings. The predicted molar refractivity (Wildman–Crippen MR) is 80.5 cm³/mol. The van der Waals surface area contributed by atoms with Crippen LogP contribution in [-0.2, 0) is 0 Å². The quantitative estimate of drug-likeness (QED) is 0.753. The molecule has 0 aliphatic heterocycles. The number of nitrogens with zero attached hydrogens (tertiary/aromatic N) is 1. The molecule has 1 aromatic carbocycles. The van der Waals surface area contributed by atoms with Crippen molar-refractivity contribution in [1.82, 2.24) is 5.16 Å². The van der Waals surface area contributed by atoms with Crippen LogP contribution in [0.1, 0.15) is 43.9 Å². The lowest BCUT2D eigenvalue weighted by Crippen LogP contribution is -1.93. The molecule has 1 aromatic heterocycles. The SMILES string of the molecule is CCCC(C)c1ccc(SNc2cc(C)on2)cc1. The van der Waals surface area contributed by atoms with Gasteiger partial charge in [0.2, 0.25) is 0 Å². The van der Waals surface area contributed by atoms with Crippen LogP contribution in [0.5, 0.6) is 0 Å². The smallest absolute Gasteiger partial charge is 0.179 e. The van der Waals surface area contributed by atoms with Gasteiger partial charge in [-0.25, -0.2) is 0 Å². The van der Waals surface area contributed by atoms with Gasteiger partial charge in [-0.3, -0.25) is 0 Å². The van der Waals surface area contributed by atoms with Gasteiger partial charge >= 0.3 is 0 Å². The number of nitrogens with one attached hydrogen (secondary N) is 1. The van der Waals surface area contributed by atoms with Crippen LogP contribution in [0.3, 0.4) is 0 Å². The molecule has 0 saturated carbocycles. The van der Waals surface area contributed by atoms with Crippen molar-refractivity contribution in [2.75, 3.05) is 4.72 Å². The topological polar surface area (TPSA) is 38.1 Å². The highest BCUT2D eigenvalue weighted by Crippen LogP contribution is 2.25. The molecule has 3 nitrogen and oxygen atoms in total. The maximum atomic E-state index is 5.00. The average Bonchev–Trinajstić information content (AvgIpc) is 2.83. The molecule has 1 unspecified atom stereocenters. The van der Waals surface area contributed by atoms with E-state index in [1.165, 1.54) is 23.3 Å².